The quantitative estimate of drug-likeness (QED) is 0.484. The highest BCUT2D eigenvalue weighted by Gasteiger charge is 2.16. The van der Waals surface area contributed by atoms with E-state index in [4.69, 9.17) is 4.98 Å². The van der Waals surface area contributed by atoms with Crippen LogP contribution in [0, 0.1) is 24.2 Å². The molecule has 0 spiro atoms. The summed E-state index contributed by atoms with van der Waals surface area (Å²) in [6.07, 6.45) is 1.66. The molecule has 3 aromatic heterocycles. The SMILES string of the molecule is Cc1cccn2c(=O)c3cc(C#N)c(=NC(=O)c4ccccc4)n(CC(C)C)c3nc12. The molecule has 4 rings (SSSR count). The first-order chi connectivity index (χ1) is 14.9. The molecule has 0 N–H and O–H groups in total. The highest BCUT2D eigenvalue weighted by molar-refractivity contribution is 5.95. The number of nitriles is 1. The summed E-state index contributed by atoms with van der Waals surface area (Å²) in [7, 11) is 0. The van der Waals surface area contributed by atoms with Gasteiger partial charge in [0.05, 0.1) is 10.9 Å². The summed E-state index contributed by atoms with van der Waals surface area (Å²) in [5.74, 6) is -0.289. The molecule has 0 atom stereocenters. The maximum Gasteiger partial charge on any atom is 0.278 e. The number of aryl methyl sites for hydroxylation is 1. The molecule has 0 aliphatic rings. The molecule has 0 fully saturated rings. The van der Waals surface area contributed by atoms with Gasteiger partial charge in [0.25, 0.3) is 11.5 Å². The molecule has 0 aliphatic heterocycles. The summed E-state index contributed by atoms with van der Waals surface area (Å²) in [5.41, 5.74) is 2.31. The van der Waals surface area contributed by atoms with E-state index in [2.05, 4.69) is 11.1 Å². The van der Waals surface area contributed by atoms with Crippen LogP contribution in [0.1, 0.15) is 35.3 Å². The smallest absolute Gasteiger partial charge is 0.278 e. The van der Waals surface area contributed by atoms with Crippen LogP contribution in [0.25, 0.3) is 16.7 Å². The largest absolute Gasteiger partial charge is 0.309 e. The maximum atomic E-state index is 13.2. The van der Waals surface area contributed by atoms with Crippen molar-refractivity contribution in [3.63, 3.8) is 0 Å². The fraction of sp³-hybridized carbons (Fsp3) is 0.208. The molecule has 7 heteroatoms. The Hall–Kier alpha value is -4.05. The molecule has 0 saturated heterocycles. The van der Waals surface area contributed by atoms with E-state index in [0.29, 0.717) is 28.8 Å². The number of hydrogen-bond donors (Lipinski definition) is 0. The maximum absolute atomic E-state index is 13.2. The third kappa shape index (κ3) is 3.64. The highest BCUT2D eigenvalue weighted by atomic mass is 16.1. The van der Waals surface area contributed by atoms with Gasteiger partial charge in [-0.3, -0.25) is 14.0 Å². The van der Waals surface area contributed by atoms with E-state index in [9.17, 15) is 14.9 Å². The molecule has 7 nitrogen and oxygen atoms in total. The van der Waals surface area contributed by atoms with Crippen LogP contribution in [-0.4, -0.2) is 19.9 Å². The van der Waals surface area contributed by atoms with Crippen LogP contribution in [0.2, 0.25) is 0 Å². The summed E-state index contributed by atoms with van der Waals surface area (Å²) >= 11 is 0. The monoisotopic (exact) mass is 411 g/mol. The molecule has 0 saturated carbocycles. The van der Waals surface area contributed by atoms with Gasteiger partial charge in [0.1, 0.15) is 17.4 Å². The fourth-order valence-corrected chi connectivity index (χ4v) is 3.57. The lowest BCUT2D eigenvalue weighted by atomic mass is 10.1. The molecule has 0 aliphatic carbocycles. The summed E-state index contributed by atoms with van der Waals surface area (Å²) < 4.78 is 3.19. The van der Waals surface area contributed by atoms with Crippen molar-refractivity contribution in [2.24, 2.45) is 10.9 Å². The zero-order chi connectivity index (χ0) is 22.1. The Balaban J connectivity index is 2.15. The van der Waals surface area contributed by atoms with Crippen molar-refractivity contribution in [2.45, 2.75) is 27.3 Å². The number of pyridine rings is 2. The van der Waals surface area contributed by atoms with Crippen LogP contribution >= 0.6 is 0 Å². The Bertz CT molecular complexity index is 1490. The Labute approximate surface area is 178 Å². The van der Waals surface area contributed by atoms with Crippen molar-refractivity contribution in [2.75, 3.05) is 0 Å². The molecule has 0 bridgehead atoms. The fourth-order valence-electron chi connectivity index (χ4n) is 3.57. The molecule has 31 heavy (non-hydrogen) atoms. The second-order valence-corrected chi connectivity index (χ2v) is 7.82. The van der Waals surface area contributed by atoms with Gasteiger partial charge in [0.2, 0.25) is 0 Å². The van der Waals surface area contributed by atoms with Gasteiger partial charge in [-0.2, -0.15) is 10.3 Å². The summed E-state index contributed by atoms with van der Waals surface area (Å²) in [6.45, 7) is 6.36. The molecule has 4 aromatic rings. The number of carbonyl (C=O) groups is 1. The minimum absolute atomic E-state index is 0.156. The van der Waals surface area contributed by atoms with Crippen molar-refractivity contribution in [1.29, 1.82) is 5.26 Å². The first-order valence-electron chi connectivity index (χ1n) is 10.0. The van der Waals surface area contributed by atoms with Gasteiger partial charge >= 0.3 is 0 Å². The zero-order valence-electron chi connectivity index (χ0n) is 17.5. The van der Waals surface area contributed by atoms with E-state index < -0.39 is 5.91 Å². The first-order valence-corrected chi connectivity index (χ1v) is 10.0. The number of fused-ring (bicyclic) bond motifs is 2. The van der Waals surface area contributed by atoms with Gasteiger partial charge in [-0.1, -0.05) is 38.1 Å². The Morgan fingerprint density at radius 1 is 1.16 bits per heavy atom. The number of amides is 1. The molecular weight excluding hydrogens is 390 g/mol. The Morgan fingerprint density at radius 2 is 1.90 bits per heavy atom. The zero-order valence-corrected chi connectivity index (χ0v) is 17.5. The first kappa shape index (κ1) is 20.2. The van der Waals surface area contributed by atoms with E-state index in [1.165, 1.54) is 10.5 Å². The van der Waals surface area contributed by atoms with E-state index in [1.54, 1.807) is 41.1 Å². The number of rotatable bonds is 3. The lowest BCUT2D eigenvalue weighted by Gasteiger charge is -2.15. The van der Waals surface area contributed by atoms with Crippen LogP contribution in [-0.2, 0) is 6.54 Å². The van der Waals surface area contributed by atoms with Gasteiger partial charge in [0, 0.05) is 18.3 Å². The predicted octanol–water partition coefficient (Wildman–Crippen LogP) is 3.23. The third-order valence-electron chi connectivity index (χ3n) is 5.00. The van der Waals surface area contributed by atoms with Crippen molar-refractivity contribution >= 4 is 22.6 Å². The van der Waals surface area contributed by atoms with Crippen LogP contribution in [0.3, 0.4) is 0 Å². The van der Waals surface area contributed by atoms with E-state index in [1.807, 2.05) is 32.9 Å². The van der Waals surface area contributed by atoms with Gasteiger partial charge in [-0.25, -0.2) is 4.98 Å². The average Bonchev–Trinajstić information content (AvgIpc) is 2.76. The second-order valence-electron chi connectivity index (χ2n) is 7.82. The topological polar surface area (TPSA) is 92.5 Å². The highest BCUT2D eigenvalue weighted by Crippen LogP contribution is 2.14. The Kier molecular flexibility index (Phi) is 5.22. The molecule has 1 aromatic carbocycles. The van der Waals surface area contributed by atoms with Crippen LogP contribution in [0.5, 0.6) is 0 Å². The van der Waals surface area contributed by atoms with Crippen molar-refractivity contribution in [3.8, 4) is 6.07 Å². The van der Waals surface area contributed by atoms with Crippen molar-refractivity contribution in [1.82, 2.24) is 14.0 Å². The van der Waals surface area contributed by atoms with Crippen LogP contribution in [0.15, 0.2) is 64.5 Å². The molecular formula is C24H21N5O2. The summed E-state index contributed by atoms with van der Waals surface area (Å²) in [6, 6.07) is 15.9. The van der Waals surface area contributed by atoms with E-state index in [0.717, 1.165) is 5.56 Å². The second kappa shape index (κ2) is 8.00. The van der Waals surface area contributed by atoms with Gasteiger partial charge < -0.3 is 4.57 Å². The standard InChI is InChI=1S/C24H21N5O2/c1-15(2)14-29-21(27-23(30)17-9-5-4-6-10-17)18(13-25)12-19-22(29)26-20-16(3)8-7-11-28(20)24(19)31/h4-12,15H,14H2,1-3H3. The third-order valence-corrected chi connectivity index (χ3v) is 5.00. The molecule has 0 radical (unpaired) electrons. The lowest BCUT2D eigenvalue weighted by Crippen LogP contribution is -2.31. The lowest BCUT2D eigenvalue weighted by molar-refractivity contribution is 0.0997. The Morgan fingerprint density at radius 3 is 2.58 bits per heavy atom. The van der Waals surface area contributed by atoms with Crippen LogP contribution < -0.4 is 11.0 Å². The molecule has 0 unspecified atom stereocenters. The number of benzene rings is 1. The summed E-state index contributed by atoms with van der Waals surface area (Å²) in [4.78, 5) is 35.1. The number of nitrogens with zero attached hydrogens (tertiary/aromatic N) is 5. The summed E-state index contributed by atoms with van der Waals surface area (Å²) in [5, 5.41) is 10.1. The normalized spacial score (nSPS) is 11.9. The van der Waals surface area contributed by atoms with E-state index >= 15 is 0 Å². The number of aromatic nitrogens is 3. The van der Waals surface area contributed by atoms with Gasteiger partial charge in [-0.15, -0.1) is 0 Å². The molecule has 154 valence electrons. The van der Waals surface area contributed by atoms with Gasteiger partial charge in [0.15, 0.2) is 5.49 Å². The number of hydrogen-bond acceptors (Lipinski definition) is 4. The molecule has 3 heterocycles. The minimum Gasteiger partial charge on any atom is -0.309 e. The number of carbonyl (C=O) groups excluding carboxylic acids is 1. The predicted molar refractivity (Wildman–Crippen MR) is 118 cm³/mol. The van der Waals surface area contributed by atoms with Gasteiger partial charge in [-0.05, 0) is 42.7 Å². The van der Waals surface area contributed by atoms with E-state index in [-0.39, 0.29) is 22.5 Å². The van der Waals surface area contributed by atoms with Crippen LogP contribution in [0.4, 0.5) is 0 Å². The minimum atomic E-state index is -0.456. The average molecular weight is 411 g/mol. The van der Waals surface area contributed by atoms with Crippen molar-refractivity contribution < 1.29 is 4.79 Å². The molecule has 1 amide bonds. The van der Waals surface area contributed by atoms with Crippen molar-refractivity contribution in [3.05, 3.63) is 87.3 Å².